The second-order valence-electron chi connectivity index (χ2n) is 7.59. The predicted molar refractivity (Wildman–Crippen MR) is 147 cm³/mol. The summed E-state index contributed by atoms with van der Waals surface area (Å²) in [6, 6.07) is 21.0. The fraction of sp³-hybridized carbons (Fsp3) is 0.0741. The molecule has 8 heteroatoms. The van der Waals surface area contributed by atoms with Gasteiger partial charge in [0.2, 0.25) is 0 Å². The fourth-order valence-corrected chi connectivity index (χ4v) is 4.26. The number of ether oxygens (including phenoxy) is 1. The lowest BCUT2D eigenvalue weighted by Crippen LogP contribution is -2.17. The summed E-state index contributed by atoms with van der Waals surface area (Å²) in [4.78, 5) is 17.2. The number of thiazole rings is 1. The van der Waals surface area contributed by atoms with E-state index >= 15 is 0 Å². The minimum Gasteiger partial charge on any atom is -0.489 e. The molecule has 4 rings (SSSR count). The molecule has 0 radical (unpaired) electrons. The van der Waals surface area contributed by atoms with E-state index in [-0.39, 0.29) is 5.91 Å². The SMILES string of the molecule is C=CCOc1ccc(Br)cc1/C=N\NC(=O)c1ccc(-c2csc(Nc3ccc(C)cc3)n2)cc1. The Labute approximate surface area is 216 Å². The largest absolute Gasteiger partial charge is 0.489 e. The van der Waals surface area contributed by atoms with E-state index in [2.05, 4.69) is 62.4 Å². The number of anilines is 2. The van der Waals surface area contributed by atoms with Gasteiger partial charge in [-0.2, -0.15) is 5.10 Å². The fourth-order valence-electron chi connectivity index (χ4n) is 3.14. The topological polar surface area (TPSA) is 75.6 Å². The highest BCUT2D eigenvalue weighted by Crippen LogP contribution is 2.27. The molecule has 1 aromatic heterocycles. The van der Waals surface area contributed by atoms with Crippen molar-refractivity contribution >= 4 is 50.2 Å². The minimum atomic E-state index is -0.309. The van der Waals surface area contributed by atoms with Crippen LogP contribution in [0.5, 0.6) is 5.75 Å². The molecule has 4 aromatic rings. The molecule has 0 bridgehead atoms. The third kappa shape index (κ3) is 6.65. The number of amides is 1. The Morgan fingerprint density at radius 3 is 2.66 bits per heavy atom. The van der Waals surface area contributed by atoms with Crippen LogP contribution in [0.1, 0.15) is 21.5 Å². The van der Waals surface area contributed by atoms with Gasteiger partial charge in [0.1, 0.15) is 12.4 Å². The summed E-state index contributed by atoms with van der Waals surface area (Å²) in [6.07, 6.45) is 3.22. The van der Waals surface area contributed by atoms with Crippen LogP contribution in [0.4, 0.5) is 10.8 Å². The first-order valence-electron chi connectivity index (χ1n) is 10.8. The number of nitrogens with zero attached hydrogens (tertiary/aromatic N) is 2. The average Bonchev–Trinajstić information content (AvgIpc) is 3.33. The van der Waals surface area contributed by atoms with Crippen LogP contribution in [-0.4, -0.2) is 23.7 Å². The number of aryl methyl sites for hydroxylation is 1. The third-order valence-electron chi connectivity index (χ3n) is 4.95. The summed E-state index contributed by atoms with van der Waals surface area (Å²) < 4.78 is 6.51. The van der Waals surface area contributed by atoms with Crippen molar-refractivity contribution in [3.8, 4) is 17.0 Å². The molecule has 0 saturated heterocycles. The van der Waals surface area contributed by atoms with Crippen molar-refractivity contribution in [3.63, 3.8) is 0 Å². The molecule has 176 valence electrons. The summed E-state index contributed by atoms with van der Waals surface area (Å²) in [5.41, 5.74) is 7.76. The smallest absolute Gasteiger partial charge is 0.271 e. The molecular formula is C27H23BrN4O2S. The molecule has 0 saturated carbocycles. The summed E-state index contributed by atoms with van der Waals surface area (Å²) in [5.74, 6) is 0.339. The molecule has 0 aliphatic rings. The predicted octanol–water partition coefficient (Wildman–Crippen LogP) is 6.95. The normalized spacial score (nSPS) is 10.8. The summed E-state index contributed by atoms with van der Waals surface area (Å²) in [5, 5.41) is 10.2. The zero-order valence-electron chi connectivity index (χ0n) is 19.0. The number of hydrogen-bond acceptors (Lipinski definition) is 6. The lowest BCUT2D eigenvalue weighted by atomic mass is 10.1. The molecule has 0 spiro atoms. The summed E-state index contributed by atoms with van der Waals surface area (Å²) >= 11 is 4.97. The zero-order chi connectivity index (χ0) is 24.6. The van der Waals surface area contributed by atoms with Gasteiger partial charge in [0.05, 0.1) is 11.9 Å². The standard InChI is InChI=1S/C27H23BrN4O2S/c1-3-14-34-25-13-10-22(28)15-21(25)16-29-32-26(33)20-8-6-19(7-9-20)24-17-35-27(31-24)30-23-11-4-18(2)5-12-23/h3-13,15-17H,1,14H2,2H3,(H,30,31)(H,32,33)/b29-16-. The van der Waals surface area contributed by atoms with Gasteiger partial charge in [-0.15, -0.1) is 11.3 Å². The number of halogens is 1. The van der Waals surface area contributed by atoms with Crippen molar-refractivity contribution in [1.29, 1.82) is 0 Å². The highest BCUT2D eigenvalue weighted by atomic mass is 79.9. The van der Waals surface area contributed by atoms with Crippen LogP contribution in [-0.2, 0) is 0 Å². The minimum absolute atomic E-state index is 0.309. The van der Waals surface area contributed by atoms with Crippen molar-refractivity contribution in [2.24, 2.45) is 5.10 Å². The van der Waals surface area contributed by atoms with E-state index in [0.29, 0.717) is 17.9 Å². The maximum atomic E-state index is 12.5. The van der Waals surface area contributed by atoms with E-state index < -0.39 is 0 Å². The Balaban J connectivity index is 1.38. The number of nitrogens with one attached hydrogen (secondary N) is 2. The van der Waals surface area contributed by atoms with Gasteiger partial charge in [0.25, 0.3) is 5.91 Å². The van der Waals surface area contributed by atoms with Crippen LogP contribution < -0.4 is 15.5 Å². The van der Waals surface area contributed by atoms with E-state index in [1.54, 1.807) is 24.4 Å². The lowest BCUT2D eigenvalue weighted by Gasteiger charge is -2.07. The van der Waals surface area contributed by atoms with Crippen LogP contribution in [0.3, 0.4) is 0 Å². The zero-order valence-corrected chi connectivity index (χ0v) is 21.4. The first kappa shape index (κ1) is 24.4. The van der Waals surface area contributed by atoms with E-state index in [1.807, 2.05) is 47.8 Å². The molecule has 0 atom stereocenters. The van der Waals surface area contributed by atoms with Gasteiger partial charge >= 0.3 is 0 Å². The third-order valence-corrected chi connectivity index (χ3v) is 6.20. The number of aromatic nitrogens is 1. The molecule has 1 amide bonds. The van der Waals surface area contributed by atoms with Gasteiger partial charge < -0.3 is 10.1 Å². The monoisotopic (exact) mass is 546 g/mol. The molecule has 0 unspecified atom stereocenters. The first-order chi connectivity index (χ1) is 17.0. The lowest BCUT2D eigenvalue weighted by molar-refractivity contribution is 0.0955. The van der Waals surface area contributed by atoms with Crippen molar-refractivity contribution < 1.29 is 9.53 Å². The maximum absolute atomic E-state index is 12.5. The molecule has 0 aliphatic heterocycles. The van der Waals surface area contributed by atoms with E-state index in [0.717, 1.165) is 32.1 Å². The Kier molecular flexibility index (Phi) is 8.07. The highest BCUT2D eigenvalue weighted by Gasteiger charge is 2.09. The van der Waals surface area contributed by atoms with E-state index in [4.69, 9.17) is 4.74 Å². The summed E-state index contributed by atoms with van der Waals surface area (Å²) in [7, 11) is 0. The average molecular weight is 547 g/mol. The highest BCUT2D eigenvalue weighted by molar-refractivity contribution is 9.10. The quantitative estimate of drug-likeness (QED) is 0.135. The molecule has 1 heterocycles. The molecule has 2 N–H and O–H groups in total. The van der Waals surface area contributed by atoms with Crippen molar-refractivity contribution in [1.82, 2.24) is 10.4 Å². The Morgan fingerprint density at radius 2 is 1.91 bits per heavy atom. The Bertz CT molecular complexity index is 1350. The van der Waals surface area contributed by atoms with Crippen molar-refractivity contribution in [2.45, 2.75) is 6.92 Å². The molecular weight excluding hydrogens is 524 g/mol. The van der Waals surface area contributed by atoms with Crippen LogP contribution in [0.25, 0.3) is 11.3 Å². The Morgan fingerprint density at radius 1 is 1.14 bits per heavy atom. The van der Waals surface area contributed by atoms with Crippen molar-refractivity contribution in [3.05, 3.63) is 106 Å². The van der Waals surface area contributed by atoms with Crippen LogP contribution >= 0.6 is 27.3 Å². The van der Waals surface area contributed by atoms with Crippen LogP contribution in [0, 0.1) is 6.92 Å². The molecule has 6 nitrogen and oxygen atoms in total. The number of benzene rings is 3. The van der Waals surface area contributed by atoms with E-state index in [9.17, 15) is 4.79 Å². The maximum Gasteiger partial charge on any atom is 0.271 e. The van der Waals surface area contributed by atoms with Gasteiger partial charge in [-0.25, -0.2) is 10.4 Å². The molecule has 0 aliphatic carbocycles. The first-order valence-corrected chi connectivity index (χ1v) is 12.5. The van der Waals surface area contributed by atoms with Gasteiger partial charge in [-0.1, -0.05) is 58.4 Å². The van der Waals surface area contributed by atoms with Gasteiger partial charge in [-0.3, -0.25) is 4.79 Å². The number of rotatable bonds is 9. The molecule has 35 heavy (non-hydrogen) atoms. The van der Waals surface area contributed by atoms with Crippen LogP contribution in [0.2, 0.25) is 0 Å². The summed E-state index contributed by atoms with van der Waals surface area (Å²) in [6.45, 7) is 6.09. The molecule has 0 fully saturated rings. The number of carbonyl (C=O) groups excluding carboxylic acids is 1. The second-order valence-corrected chi connectivity index (χ2v) is 9.36. The number of hydrazone groups is 1. The van der Waals surface area contributed by atoms with E-state index in [1.165, 1.54) is 16.9 Å². The van der Waals surface area contributed by atoms with Gasteiger partial charge in [-0.05, 0) is 49.4 Å². The van der Waals surface area contributed by atoms with Gasteiger partial charge in [0.15, 0.2) is 5.13 Å². The van der Waals surface area contributed by atoms with Crippen LogP contribution in [0.15, 0.2) is 94.3 Å². The number of carbonyl (C=O) groups is 1. The second kappa shape index (κ2) is 11.6. The molecule has 3 aromatic carbocycles. The Hall–Kier alpha value is -3.75. The number of hydrogen-bond donors (Lipinski definition) is 2. The van der Waals surface area contributed by atoms with Crippen molar-refractivity contribution in [2.75, 3.05) is 11.9 Å². The van der Waals surface area contributed by atoms with Gasteiger partial charge in [0, 0.05) is 32.2 Å².